The van der Waals surface area contributed by atoms with Gasteiger partial charge < -0.3 is 14.0 Å². The van der Waals surface area contributed by atoms with Gasteiger partial charge in [-0.25, -0.2) is 18.7 Å². The lowest BCUT2D eigenvalue weighted by molar-refractivity contribution is -0.139. The summed E-state index contributed by atoms with van der Waals surface area (Å²) in [7, 11) is 0. The van der Waals surface area contributed by atoms with E-state index in [0.29, 0.717) is 59.7 Å². The number of hydrogen-bond donors (Lipinski definition) is 0. The number of pyridine rings is 1. The topological polar surface area (TPSA) is 52.4 Å². The molecule has 6 nitrogen and oxygen atoms in total. The quantitative estimate of drug-likeness (QED) is 0.199. The van der Waals surface area contributed by atoms with Gasteiger partial charge in [-0.2, -0.15) is 13.2 Å². The largest absolute Gasteiger partial charge is 0.472 e. The fourth-order valence-corrected chi connectivity index (χ4v) is 5.55. The summed E-state index contributed by atoms with van der Waals surface area (Å²) in [6, 6.07) is 8.35. The predicted octanol–water partition coefficient (Wildman–Crippen LogP) is 7.07. The van der Waals surface area contributed by atoms with Crippen LogP contribution in [0.3, 0.4) is 0 Å². The van der Waals surface area contributed by atoms with Crippen LogP contribution >= 0.6 is 27.5 Å². The van der Waals surface area contributed by atoms with Crippen LogP contribution < -0.4 is 4.74 Å². The van der Waals surface area contributed by atoms with E-state index < -0.39 is 35.9 Å². The van der Waals surface area contributed by atoms with Gasteiger partial charge in [-0.15, -0.1) is 0 Å². The van der Waals surface area contributed by atoms with Gasteiger partial charge in [-0.05, 0) is 64.7 Å². The molecule has 4 heterocycles. The third-order valence-electron chi connectivity index (χ3n) is 7.35. The summed E-state index contributed by atoms with van der Waals surface area (Å²) in [6.07, 6.45) is -3.49. The van der Waals surface area contributed by atoms with Crippen molar-refractivity contribution in [1.29, 1.82) is 0 Å². The summed E-state index contributed by atoms with van der Waals surface area (Å²) in [5.74, 6) is -1.14. The maximum atomic E-state index is 14.9. The highest BCUT2D eigenvalue weighted by molar-refractivity contribution is 9.10. The van der Waals surface area contributed by atoms with Crippen LogP contribution in [0.25, 0.3) is 11.0 Å². The van der Waals surface area contributed by atoms with Crippen molar-refractivity contribution in [3.63, 3.8) is 0 Å². The summed E-state index contributed by atoms with van der Waals surface area (Å²) in [6.45, 7) is 1.76. The maximum absolute atomic E-state index is 14.9. The Balaban J connectivity index is 1.27. The van der Waals surface area contributed by atoms with Gasteiger partial charge in [0.15, 0.2) is 5.82 Å². The Bertz CT molecular complexity index is 1630. The SMILES string of the molecule is Fc1cc(Cl)ccc1COc1nc2c(cc1C(F)(F)F)CCN(Cc1nc3c(F)c(Br)ccc3n1C[C@@H]1CCO1)C2. The molecule has 2 aliphatic rings. The number of benzene rings is 2. The zero-order chi connectivity index (χ0) is 28.9. The molecule has 2 aliphatic heterocycles. The van der Waals surface area contributed by atoms with Gasteiger partial charge in [0.25, 0.3) is 0 Å². The summed E-state index contributed by atoms with van der Waals surface area (Å²) < 4.78 is 84.1. The van der Waals surface area contributed by atoms with Crippen LogP contribution in [0.15, 0.2) is 40.9 Å². The minimum Gasteiger partial charge on any atom is -0.472 e. The lowest BCUT2D eigenvalue weighted by Gasteiger charge is -2.30. The molecule has 2 aromatic carbocycles. The van der Waals surface area contributed by atoms with E-state index in [1.165, 1.54) is 12.1 Å². The zero-order valence-corrected chi connectivity index (χ0v) is 23.8. The Kier molecular flexibility index (Phi) is 7.68. The fourth-order valence-electron chi connectivity index (χ4n) is 5.07. The van der Waals surface area contributed by atoms with Crippen LogP contribution in [0.1, 0.15) is 34.6 Å². The van der Waals surface area contributed by atoms with Gasteiger partial charge in [-0.1, -0.05) is 17.7 Å². The second-order valence-corrected chi connectivity index (χ2v) is 11.4. The number of alkyl halides is 3. The number of halogens is 7. The van der Waals surface area contributed by atoms with E-state index in [1.807, 2.05) is 9.47 Å². The van der Waals surface area contributed by atoms with Gasteiger partial charge in [-0.3, -0.25) is 4.90 Å². The Hall–Kier alpha value is -2.80. The van der Waals surface area contributed by atoms with Crippen molar-refractivity contribution in [2.75, 3.05) is 13.2 Å². The number of imidazole rings is 1. The first-order valence-corrected chi connectivity index (χ1v) is 14.1. The number of nitrogens with zero attached hydrogens (tertiary/aromatic N) is 4. The van der Waals surface area contributed by atoms with E-state index in [2.05, 4.69) is 25.9 Å². The van der Waals surface area contributed by atoms with Crippen molar-refractivity contribution in [2.45, 2.75) is 51.4 Å². The van der Waals surface area contributed by atoms with Crippen LogP contribution in [0, 0.1) is 11.6 Å². The molecule has 0 bridgehead atoms. The molecule has 0 spiro atoms. The second kappa shape index (κ2) is 11.1. The van der Waals surface area contributed by atoms with E-state index in [4.69, 9.17) is 21.1 Å². The average molecular weight is 658 g/mol. The van der Waals surface area contributed by atoms with Gasteiger partial charge in [0.1, 0.15) is 29.3 Å². The monoisotopic (exact) mass is 656 g/mol. The average Bonchev–Trinajstić information content (AvgIpc) is 3.24. The summed E-state index contributed by atoms with van der Waals surface area (Å²) in [5, 5.41) is 0.165. The third-order valence-corrected chi connectivity index (χ3v) is 8.19. The molecule has 0 saturated carbocycles. The highest BCUT2D eigenvalue weighted by Crippen LogP contribution is 2.38. The van der Waals surface area contributed by atoms with E-state index >= 15 is 0 Å². The molecule has 0 aliphatic carbocycles. The zero-order valence-electron chi connectivity index (χ0n) is 21.4. The van der Waals surface area contributed by atoms with Crippen LogP contribution in [0.5, 0.6) is 5.88 Å². The number of hydrogen-bond acceptors (Lipinski definition) is 5. The standard InChI is InChI=1S/C28H23BrClF5N4O2/c29-20-3-4-23-26(25(20)32)37-24(39(23)11-18-6-8-40-18)13-38-7-5-15-9-19(28(33,34)35)27(36-22(15)12-38)41-14-16-1-2-17(30)10-21(16)31/h1-4,9-10,18H,5-8,11-14H2/t18-/m0/s1. The Morgan fingerprint density at radius 3 is 2.63 bits per heavy atom. The lowest BCUT2D eigenvalue weighted by Crippen LogP contribution is -2.34. The lowest BCUT2D eigenvalue weighted by atomic mass is 10.0. The van der Waals surface area contributed by atoms with Gasteiger partial charge in [0, 0.05) is 30.3 Å². The van der Waals surface area contributed by atoms with E-state index in [0.717, 1.165) is 18.6 Å². The number of ether oxygens (including phenoxy) is 2. The summed E-state index contributed by atoms with van der Waals surface area (Å²) in [5.41, 5.74) is 0.815. The molecule has 0 amide bonds. The summed E-state index contributed by atoms with van der Waals surface area (Å²) in [4.78, 5) is 10.8. The second-order valence-electron chi connectivity index (χ2n) is 10.1. The minimum absolute atomic E-state index is 0.00702. The van der Waals surface area contributed by atoms with Crippen LogP contribution in [0.4, 0.5) is 22.0 Å². The van der Waals surface area contributed by atoms with Gasteiger partial charge >= 0.3 is 6.18 Å². The molecule has 13 heteroatoms. The Morgan fingerprint density at radius 2 is 1.93 bits per heavy atom. The molecular weight excluding hydrogens is 635 g/mol. The summed E-state index contributed by atoms with van der Waals surface area (Å²) >= 11 is 8.99. The van der Waals surface area contributed by atoms with E-state index in [1.54, 1.807) is 12.1 Å². The van der Waals surface area contributed by atoms with Gasteiger partial charge in [0.05, 0.1) is 34.9 Å². The molecule has 1 fully saturated rings. The smallest absolute Gasteiger partial charge is 0.421 e. The van der Waals surface area contributed by atoms with Crippen molar-refractivity contribution in [3.8, 4) is 5.88 Å². The van der Waals surface area contributed by atoms with Gasteiger partial charge in [0.2, 0.25) is 5.88 Å². The first-order chi connectivity index (χ1) is 19.6. The minimum atomic E-state index is -4.71. The first-order valence-electron chi connectivity index (χ1n) is 12.9. The fraction of sp³-hybridized carbons (Fsp3) is 0.357. The Morgan fingerprint density at radius 1 is 1.12 bits per heavy atom. The molecular formula is C28H23BrClF5N4O2. The molecule has 41 heavy (non-hydrogen) atoms. The van der Waals surface area contributed by atoms with Crippen molar-refractivity contribution < 1.29 is 31.4 Å². The highest BCUT2D eigenvalue weighted by Gasteiger charge is 2.37. The van der Waals surface area contributed by atoms with Crippen molar-refractivity contribution in [1.82, 2.24) is 19.4 Å². The van der Waals surface area contributed by atoms with Crippen LogP contribution in [-0.2, 0) is 43.6 Å². The molecule has 1 atom stereocenters. The van der Waals surface area contributed by atoms with E-state index in [9.17, 15) is 22.0 Å². The van der Waals surface area contributed by atoms with Crippen molar-refractivity contribution in [2.24, 2.45) is 0 Å². The molecule has 0 radical (unpaired) electrons. The van der Waals surface area contributed by atoms with Crippen LogP contribution in [-0.4, -0.2) is 38.7 Å². The number of aromatic nitrogens is 3. The van der Waals surface area contributed by atoms with Crippen molar-refractivity contribution >= 4 is 38.6 Å². The van der Waals surface area contributed by atoms with Crippen molar-refractivity contribution in [3.05, 3.63) is 85.7 Å². The molecule has 2 aromatic heterocycles. The molecule has 6 rings (SSSR count). The maximum Gasteiger partial charge on any atom is 0.421 e. The van der Waals surface area contributed by atoms with E-state index in [-0.39, 0.29) is 28.8 Å². The highest BCUT2D eigenvalue weighted by atomic mass is 79.9. The normalized spacial score (nSPS) is 17.5. The molecule has 0 unspecified atom stereocenters. The molecule has 0 N–H and O–H groups in total. The molecule has 1 saturated heterocycles. The molecule has 4 aromatic rings. The Labute approximate surface area is 245 Å². The number of rotatable bonds is 7. The first kappa shape index (κ1) is 28.3. The van der Waals surface area contributed by atoms with Crippen LogP contribution in [0.2, 0.25) is 5.02 Å². The number of fused-ring (bicyclic) bond motifs is 2. The predicted molar refractivity (Wildman–Crippen MR) is 145 cm³/mol. The third kappa shape index (κ3) is 5.79. The molecule has 216 valence electrons.